The van der Waals surface area contributed by atoms with Crippen LogP contribution >= 0.6 is 0 Å². The Bertz CT molecular complexity index is 617. The first kappa shape index (κ1) is 10.3. The molecule has 1 saturated heterocycles. The SMILES string of the molecule is O=c1[nH]c(N2CCCC2)nc2ccc(F)cc12. The van der Waals surface area contributed by atoms with Gasteiger partial charge in [-0.25, -0.2) is 9.37 Å². The van der Waals surface area contributed by atoms with Crippen molar-refractivity contribution in [1.82, 2.24) is 9.97 Å². The molecule has 0 aliphatic carbocycles. The number of hydrogen-bond acceptors (Lipinski definition) is 3. The third-order valence-electron chi connectivity index (χ3n) is 3.06. The van der Waals surface area contributed by atoms with E-state index in [9.17, 15) is 9.18 Å². The van der Waals surface area contributed by atoms with Crippen LogP contribution < -0.4 is 10.5 Å². The molecular formula is C12H12FN3O. The van der Waals surface area contributed by atoms with Crippen LogP contribution in [0.2, 0.25) is 0 Å². The van der Waals surface area contributed by atoms with Crippen LogP contribution in [0.5, 0.6) is 0 Å². The van der Waals surface area contributed by atoms with Crippen LogP contribution in [0.15, 0.2) is 23.0 Å². The lowest BCUT2D eigenvalue weighted by atomic mass is 10.2. The molecule has 5 heteroatoms. The fraction of sp³-hybridized carbons (Fsp3) is 0.333. The van der Waals surface area contributed by atoms with Gasteiger partial charge in [-0.2, -0.15) is 0 Å². The Hall–Kier alpha value is -1.91. The molecule has 4 nitrogen and oxygen atoms in total. The third kappa shape index (κ3) is 1.77. The molecule has 1 fully saturated rings. The van der Waals surface area contributed by atoms with Gasteiger partial charge in [0.05, 0.1) is 10.9 Å². The van der Waals surface area contributed by atoms with Crippen molar-refractivity contribution in [3.63, 3.8) is 0 Å². The summed E-state index contributed by atoms with van der Waals surface area (Å²) in [6, 6.07) is 4.08. The van der Waals surface area contributed by atoms with E-state index in [-0.39, 0.29) is 5.56 Å². The molecule has 0 atom stereocenters. The Kier molecular flexibility index (Phi) is 2.31. The molecule has 1 aliphatic rings. The van der Waals surface area contributed by atoms with Crippen LogP contribution in [0.3, 0.4) is 0 Å². The smallest absolute Gasteiger partial charge is 0.260 e. The first-order valence-electron chi connectivity index (χ1n) is 5.68. The van der Waals surface area contributed by atoms with E-state index in [1.54, 1.807) is 6.07 Å². The quantitative estimate of drug-likeness (QED) is 0.815. The van der Waals surface area contributed by atoms with Gasteiger partial charge in [-0.15, -0.1) is 0 Å². The van der Waals surface area contributed by atoms with Crippen molar-refractivity contribution in [3.05, 3.63) is 34.4 Å². The predicted octanol–water partition coefficient (Wildman–Crippen LogP) is 1.66. The van der Waals surface area contributed by atoms with Crippen molar-refractivity contribution >= 4 is 16.9 Å². The molecular weight excluding hydrogens is 221 g/mol. The van der Waals surface area contributed by atoms with Crippen LogP contribution in [-0.2, 0) is 0 Å². The van der Waals surface area contributed by atoms with Crippen LogP contribution in [0.1, 0.15) is 12.8 Å². The molecule has 0 amide bonds. The summed E-state index contributed by atoms with van der Waals surface area (Å²) < 4.78 is 13.0. The number of nitrogens with zero attached hydrogens (tertiary/aromatic N) is 2. The first-order valence-corrected chi connectivity index (χ1v) is 5.68. The van der Waals surface area contributed by atoms with Crippen molar-refractivity contribution in [2.45, 2.75) is 12.8 Å². The number of fused-ring (bicyclic) bond motifs is 1. The van der Waals surface area contributed by atoms with E-state index in [0.717, 1.165) is 25.9 Å². The Morgan fingerprint density at radius 3 is 2.82 bits per heavy atom. The fourth-order valence-electron chi connectivity index (χ4n) is 2.18. The lowest BCUT2D eigenvalue weighted by Crippen LogP contribution is -2.23. The van der Waals surface area contributed by atoms with Gasteiger partial charge in [0.15, 0.2) is 0 Å². The molecule has 0 spiro atoms. The molecule has 0 unspecified atom stereocenters. The summed E-state index contributed by atoms with van der Waals surface area (Å²) in [5.41, 5.74) is 0.258. The largest absolute Gasteiger partial charge is 0.342 e. The second kappa shape index (κ2) is 3.84. The standard InChI is InChI=1S/C12H12FN3O/c13-8-3-4-10-9(7-8)11(17)15-12(14-10)16-5-1-2-6-16/h3-4,7H,1-2,5-6H2,(H,14,15,17). The highest BCUT2D eigenvalue weighted by Gasteiger charge is 2.15. The first-order chi connectivity index (χ1) is 8.24. The molecule has 88 valence electrons. The number of aromatic amines is 1. The molecule has 17 heavy (non-hydrogen) atoms. The number of nitrogens with one attached hydrogen (secondary N) is 1. The molecule has 1 aromatic heterocycles. The van der Waals surface area contributed by atoms with Gasteiger partial charge in [-0.3, -0.25) is 9.78 Å². The van der Waals surface area contributed by atoms with Crippen molar-refractivity contribution in [2.24, 2.45) is 0 Å². The molecule has 0 bridgehead atoms. The van der Waals surface area contributed by atoms with Gasteiger partial charge < -0.3 is 4.90 Å². The topological polar surface area (TPSA) is 49.0 Å². The van der Waals surface area contributed by atoms with Crippen LogP contribution in [-0.4, -0.2) is 23.1 Å². The van der Waals surface area contributed by atoms with Gasteiger partial charge in [0.25, 0.3) is 5.56 Å². The Balaban J connectivity index is 2.17. The molecule has 2 aromatic rings. The summed E-state index contributed by atoms with van der Waals surface area (Å²) >= 11 is 0. The minimum absolute atomic E-state index is 0.281. The van der Waals surface area contributed by atoms with E-state index in [2.05, 4.69) is 9.97 Å². The number of aromatic nitrogens is 2. The maximum atomic E-state index is 13.0. The van der Waals surface area contributed by atoms with E-state index in [1.807, 2.05) is 4.90 Å². The summed E-state index contributed by atoms with van der Waals surface area (Å²) in [6.07, 6.45) is 2.23. The summed E-state index contributed by atoms with van der Waals surface area (Å²) in [5.74, 6) is 0.172. The highest BCUT2D eigenvalue weighted by Crippen LogP contribution is 2.17. The third-order valence-corrected chi connectivity index (χ3v) is 3.06. The number of H-pyrrole nitrogens is 1. The molecule has 0 saturated carbocycles. The fourth-order valence-corrected chi connectivity index (χ4v) is 2.18. The van der Waals surface area contributed by atoms with Crippen molar-refractivity contribution in [1.29, 1.82) is 0 Å². The van der Waals surface area contributed by atoms with Crippen molar-refractivity contribution in [2.75, 3.05) is 18.0 Å². The van der Waals surface area contributed by atoms with Gasteiger partial charge in [0, 0.05) is 13.1 Å². The monoisotopic (exact) mass is 233 g/mol. The summed E-state index contributed by atoms with van der Waals surface area (Å²) in [5, 5.41) is 0.299. The highest BCUT2D eigenvalue weighted by molar-refractivity contribution is 5.78. The zero-order valence-electron chi connectivity index (χ0n) is 9.24. The number of anilines is 1. The summed E-state index contributed by atoms with van der Waals surface area (Å²) in [7, 11) is 0. The molecule has 0 radical (unpaired) electrons. The Morgan fingerprint density at radius 1 is 1.29 bits per heavy atom. The van der Waals surface area contributed by atoms with Gasteiger partial charge >= 0.3 is 0 Å². The van der Waals surface area contributed by atoms with E-state index in [0.29, 0.717) is 16.9 Å². The average molecular weight is 233 g/mol. The molecule has 3 rings (SSSR count). The van der Waals surface area contributed by atoms with Gasteiger partial charge in [0.2, 0.25) is 5.95 Å². The normalized spacial score (nSPS) is 15.7. The van der Waals surface area contributed by atoms with Crippen LogP contribution in [0, 0.1) is 5.82 Å². The van der Waals surface area contributed by atoms with E-state index >= 15 is 0 Å². The Morgan fingerprint density at radius 2 is 2.06 bits per heavy atom. The maximum absolute atomic E-state index is 13.0. The maximum Gasteiger partial charge on any atom is 0.260 e. The lowest BCUT2D eigenvalue weighted by molar-refractivity contribution is 0.629. The Labute approximate surface area is 97.1 Å². The zero-order valence-corrected chi connectivity index (χ0v) is 9.24. The number of rotatable bonds is 1. The second-order valence-corrected chi connectivity index (χ2v) is 4.25. The number of hydrogen-bond donors (Lipinski definition) is 1. The van der Waals surface area contributed by atoms with Gasteiger partial charge in [-0.05, 0) is 31.0 Å². The lowest BCUT2D eigenvalue weighted by Gasteiger charge is -2.15. The van der Waals surface area contributed by atoms with E-state index in [4.69, 9.17) is 0 Å². The van der Waals surface area contributed by atoms with E-state index < -0.39 is 5.82 Å². The van der Waals surface area contributed by atoms with Crippen molar-refractivity contribution in [3.8, 4) is 0 Å². The second-order valence-electron chi connectivity index (χ2n) is 4.25. The van der Waals surface area contributed by atoms with Gasteiger partial charge in [0.1, 0.15) is 5.82 Å². The molecule has 2 heterocycles. The number of halogens is 1. The highest BCUT2D eigenvalue weighted by atomic mass is 19.1. The van der Waals surface area contributed by atoms with Gasteiger partial charge in [-0.1, -0.05) is 0 Å². The molecule has 1 aromatic carbocycles. The minimum Gasteiger partial charge on any atom is -0.342 e. The molecule has 1 N–H and O–H groups in total. The van der Waals surface area contributed by atoms with E-state index in [1.165, 1.54) is 12.1 Å². The molecule has 1 aliphatic heterocycles. The minimum atomic E-state index is -0.418. The number of benzene rings is 1. The zero-order chi connectivity index (χ0) is 11.8. The van der Waals surface area contributed by atoms with Crippen molar-refractivity contribution < 1.29 is 4.39 Å². The van der Waals surface area contributed by atoms with Crippen LogP contribution in [0.4, 0.5) is 10.3 Å². The predicted molar refractivity (Wildman–Crippen MR) is 63.8 cm³/mol. The summed E-state index contributed by atoms with van der Waals surface area (Å²) in [6.45, 7) is 1.82. The average Bonchev–Trinajstić information content (AvgIpc) is 2.83. The summed E-state index contributed by atoms with van der Waals surface area (Å²) in [4.78, 5) is 20.9. The van der Waals surface area contributed by atoms with Crippen LogP contribution in [0.25, 0.3) is 10.9 Å².